The van der Waals surface area contributed by atoms with E-state index in [2.05, 4.69) is 9.88 Å². The number of anilines is 1. The van der Waals surface area contributed by atoms with E-state index in [1.807, 2.05) is 31.2 Å². The maximum Gasteiger partial charge on any atom is 0.340 e. The lowest BCUT2D eigenvalue weighted by Crippen LogP contribution is -2.10. The minimum Gasteiger partial charge on any atom is -0.507 e. The van der Waals surface area contributed by atoms with Gasteiger partial charge in [0.2, 0.25) is 0 Å². The number of esters is 1. The van der Waals surface area contributed by atoms with E-state index >= 15 is 0 Å². The number of hydrogen-bond acceptors (Lipinski definition) is 6. The molecule has 4 rings (SSSR count). The second kappa shape index (κ2) is 9.20. The lowest BCUT2D eigenvalue weighted by molar-refractivity contribution is -0.384. The molecule has 0 saturated carbocycles. The molecule has 0 aliphatic carbocycles. The third kappa shape index (κ3) is 4.19. The van der Waals surface area contributed by atoms with E-state index < -0.39 is 10.9 Å². The zero-order valence-electron chi connectivity index (χ0n) is 18.5. The first-order valence-corrected chi connectivity index (χ1v) is 10.8. The molecule has 0 spiro atoms. The van der Waals surface area contributed by atoms with Gasteiger partial charge in [0, 0.05) is 52.8 Å². The topological polar surface area (TPSA) is 107 Å². The molecule has 0 radical (unpaired) electrons. The van der Waals surface area contributed by atoms with E-state index in [4.69, 9.17) is 4.74 Å². The fourth-order valence-electron chi connectivity index (χ4n) is 4.23. The van der Waals surface area contributed by atoms with Crippen molar-refractivity contribution in [2.75, 3.05) is 18.5 Å². The number of aromatic hydroxyl groups is 1. The molecule has 1 aromatic heterocycles. The summed E-state index contributed by atoms with van der Waals surface area (Å²) in [5, 5.41) is 26.9. The van der Waals surface area contributed by atoms with Crippen LogP contribution in [-0.4, -0.2) is 33.7 Å². The van der Waals surface area contributed by atoms with Crippen molar-refractivity contribution in [1.82, 2.24) is 4.57 Å². The smallest absolute Gasteiger partial charge is 0.340 e. The van der Waals surface area contributed by atoms with Crippen LogP contribution >= 0.6 is 0 Å². The first-order valence-electron chi connectivity index (χ1n) is 10.8. The van der Waals surface area contributed by atoms with E-state index in [9.17, 15) is 20.0 Å². The van der Waals surface area contributed by atoms with Gasteiger partial charge < -0.3 is 19.7 Å². The largest absolute Gasteiger partial charge is 0.507 e. The quantitative estimate of drug-likeness (QED) is 0.162. The molecule has 0 fully saturated rings. The molecule has 0 unspecified atom stereocenters. The minimum atomic E-state index is -0.424. The van der Waals surface area contributed by atoms with Gasteiger partial charge in [0.05, 0.1) is 22.6 Å². The van der Waals surface area contributed by atoms with Crippen molar-refractivity contribution in [1.29, 1.82) is 0 Å². The molecule has 33 heavy (non-hydrogen) atoms. The van der Waals surface area contributed by atoms with Crippen LogP contribution in [0, 0.1) is 17.0 Å². The lowest BCUT2D eigenvalue weighted by Gasteiger charge is -2.12. The van der Waals surface area contributed by atoms with Gasteiger partial charge in [-0.25, -0.2) is 4.79 Å². The van der Waals surface area contributed by atoms with Crippen molar-refractivity contribution < 1.29 is 19.6 Å². The molecule has 1 heterocycles. The Kier molecular flexibility index (Phi) is 6.17. The first-order chi connectivity index (χ1) is 15.9. The summed E-state index contributed by atoms with van der Waals surface area (Å²) >= 11 is 0. The highest BCUT2D eigenvalue weighted by molar-refractivity contribution is 6.16. The highest BCUT2D eigenvalue weighted by Crippen LogP contribution is 2.37. The zero-order valence-corrected chi connectivity index (χ0v) is 18.5. The van der Waals surface area contributed by atoms with Gasteiger partial charge in [0.1, 0.15) is 5.75 Å². The van der Waals surface area contributed by atoms with Crippen LogP contribution in [0.15, 0.2) is 54.6 Å². The van der Waals surface area contributed by atoms with Gasteiger partial charge in [-0.05, 0) is 38.5 Å². The normalized spacial score (nSPS) is 11.1. The second-order valence-corrected chi connectivity index (χ2v) is 7.75. The number of ether oxygens (including phenoxy) is 1. The van der Waals surface area contributed by atoms with Crippen molar-refractivity contribution in [2.45, 2.75) is 26.8 Å². The summed E-state index contributed by atoms with van der Waals surface area (Å²) in [7, 11) is 0. The Bertz CT molecular complexity index is 1340. The standard InChI is InChI=1S/C25H25N3O5/c1-3-33-25(30)23-16(2)27(14-6-13-26-17-9-11-18(12-10-17)28(31)32)24-20-8-5-4-7-19(20)22(29)15-21(23)24/h4-5,7-12,15,26,29H,3,6,13-14H2,1-2H3. The van der Waals surface area contributed by atoms with Gasteiger partial charge in [0.25, 0.3) is 5.69 Å². The summed E-state index contributed by atoms with van der Waals surface area (Å²) in [6, 6.07) is 15.5. The molecule has 3 aromatic carbocycles. The van der Waals surface area contributed by atoms with Crippen LogP contribution in [0.25, 0.3) is 21.7 Å². The lowest BCUT2D eigenvalue weighted by atomic mass is 10.0. The highest BCUT2D eigenvalue weighted by Gasteiger charge is 2.23. The number of nitrogens with one attached hydrogen (secondary N) is 1. The monoisotopic (exact) mass is 447 g/mol. The second-order valence-electron chi connectivity index (χ2n) is 7.75. The van der Waals surface area contributed by atoms with Crippen LogP contribution in [-0.2, 0) is 11.3 Å². The van der Waals surface area contributed by atoms with Crippen molar-refractivity contribution in [3.05, 3.63) is 76.0 Å². The maximum absolute atomic E-state index is 12.8. The maximum atomic E-state index is 12.8. The number of phenolic OH excluding ortho intramolecular Hbond substituents is 1. The fraction of sp³-hybridized carbons (Fsp3) is 0.240. The van der Waals surface area contributed by atoms with Gasteiger partial charge in [-0.15, -0.1) is 0 Å². The van der Waals surface area contributed by atoms with Gasteiger partial charge in [-0.2, -0.15) is 0 Å². The predicted molar refractivity (Wildman–Crippen MR) is 128 cm³/mol. The van der Waals surface area contributed by atoms with E-state index in [0.29, 0.717) is 24.0 Å². The molecule has 0 atom stereocenters. The van der Waals surface area contributed by atoms with Crippen molar-refractivity contribution in [3.63, 3.8) is 0 Å². The number of carbonyl (C=O) groups excluding carboxylic acids is 1. The first kappa shape index (κ1) is 22.1. The molecule has 0 aliphatic rings. The number of carbonyl (C=O) groups is 1. The average molecular weight is 447 g/mol. The number of nitro benzene ring substituents is 1. The molecule has 0 saturated heterocycles. The van der Waals surface area contributed by atoms with Crippen LogP contribution in [0.5, 0.6) is 5.75 Å². The third-order valence-electron chi connectivity index (χ3n) is 5.75. The Hall–Kier alpha value is -4.07. The van der Waals surface area contributed by atoms with Crippen LogP contribution in [0.1, 0.15) is 29.4 Å². The third-order valence-corrected chi connectivity index (χ3v) is 5.75. The zero-order chi connectivity index (χ0) is 23.5. The summed E-state index contributed by atoms with van der Waals surface area (Å²) in [4.78, 5) is 23.1. The van der Waals surface area contributed by atoms with E-state index in [1.165, 1.54) is 12.1 Å². The van der Waals surface area contributed by atoms with Crippen LogP contribution in [0.4, 0.5) is 11.4 Å². The molecule has 2 N–H and O–H groups in total. The van der Waals surface area contributed by atoms with Gasteiger partial charge in [-0.1, -0.05) is 24.3 Å². The van der Waals surface area contributed by atoms with Gasteiger partial charge >= 0.3 is 5.97 Å². The summed E-state index contributed by atoms with van der Waals surface area (Å²) in [5.41, 5.74) is 3.00. The molecule has 170 valence electrons. The number of phenols is 1. The van der Waals surface area contributed by atoms with Gasteiger partial charge in [-0.3, -0.25) is 10.1 Å². The SMILES string of the molecule is CCOC(=O)c1c(C)n(CCCNc2ccc([N+](=O)[O-])cc2)c2c1cc(O)c1ccccc12. The molecular weight excluding hydrogens is 422 g/mol. The molecule has 4 aromatic rings. The molecule has 0 aliphatic heterocycles. The van der Waals surface area contributed by atoms with Gasteiger partial charge in [0.15, 0.2) is 0 Å². The van der Waals surface area contributed by atoms with E-state index in [0.717, 1.165) is 34.1 Å². The highest BCUT2D eigenvalue weighted by atomic mass is 16.6. The number of fused-ring (bicyclic) bond motifs is 3. The molecule has 8 heteroatoms. The molecule has 8 nitrogen and oxygen atoms in total. The number of non-ortho nitro benzene ring substituents is 1. The number of nitrogens with zero attached hydrogens (tertiary/aromatic N) is 2. The summed E-state index contributed by atoms with van der Waals surface area (Å²) in [6.45, 7) is 5.20. The Labute approximate surface area is 190 Å². The fourth-order valence-corrected chi connectivity index (χ4v) is 4.23. The average Bonchev–Trinajstić information content (AvgIpc) is 3.08. The van der Waals surface area contributed by atoms with E-state index in [1.54, 1.807) is 25.1 Å². The number of hydrogen-bond donors (Lipinski definition) is 2. The van der Waals surface area contributed by atoms with Crippen LogP contribution < -0.4 is 5.32 Å². The van der Waals surface area contributed by atoms with Crippen molar-refractivity contribution in [3.8, 4) is 5.75 Å². The van der Waals surface area contributed by atoms with Crippen LogP contribution in [0.2, 0.25) is 0 Å². The minimum absolute atomic E-state index is 0.0524. The molecule has 0 bridgehead atoms. The predicted octanol–water partition coefficient (Wildman–Crippen LogP) is 5.40. The Morgan fingerprint density at radius 3 is 2.48 bits per heavy atom. The molecule has 0 amide bonds. The number of aryl methyl sites for hydroxylation is 1. The number of rotatable bonds is 8. The summed E-state index contributed by atoms with van der Waals surface area (Å²) in [5.74, 6) is -0.280. The van der Waals surface area contributed by atoms with Crippen molar-refractivity contribution >= 4 is 39.0 Å². The summed E-state index contributed by atoms with van der Waals surface area (Å²) < 4.78 is 7.40. The number of nitro groups is 1. The van der Waals surface area contributed by atoms with E-state index in [-0.39, 0.29) is 18.0 Å². The Morgan fingerprint density at radius 1 is 1.12 bits per heavy atom. The number of aromatic nitrogens is 1. The molecular formula is C25H25N3O5. The Morgan fingerprint density at radius 2 is 1.82 bits per heavy atom. The Balaban J connectivity index is 1.65. The number of benzene rings is 3. The summed E-state index contributed by atoms with van der Waals surface area (Å²) in [6.07, 6.45) is 0.749. The van der Waals surface area contributed by atoms with Crippen LogP contribution in [0.3, 0.4) is 0 Å². The van der Waals surface area contributed by atoms with Crippen molar-refractivity contribution in [2.24, 2.45) is 0 Å².